The van der Waals surface area contributed by atoms with Crippen molar-refractivity contribution in [2.24, 2.45) is 0 Å². The normalized spacial score (nSPS) is 14.1. The predicted octanol–water partition coefficient (Wildman–Crippen LogP) is 3.11. The summed E-state index contributed by atoms with van der Waals surface area (Å²) in [6.45, 7) is 0.155. The highest BCUT2D eigenvalue weighted by Crippen LogP contribution is 2.35. The van der Waals surface area contributed by atoms with Crippen LogP contribution in [0.1, 0.15) is 24.0 Å². The summed E-state index contributed by atoms with van der Waals surface area (Å²) in [7, 11) is -0.606. The number of hydrogen-bond acceptors (Lipinski definition) is 6. The number of nitrogens with zero attached hydrogens (tertiary/aromatic N) is 2. The van der Waals surface area contributed by atoms with E-state index in [1.807, 2.05) is 0 Å². The van der Waals surface area contributed by atoms with Crippen molar-refractivity contribution in [3.63, 3.8) is 0 Å². The van der Waals surface area contributed by atoms with Crippen LogP contribution in [0.2, 0.25) is 0 Å². The molecule has 8 nitrogen and oxygen atoms in total. The minimum absolute atomic E-state index is 0.0698. The van der Waals surface area contributed by atoms with Gasteiger partial charge in [-0.25, -0.2) is 8.42 Å². The third kappa shape index (κ3) is 4.60. The van der Waals surface area contributed by atoms with E-state index in [4.69, 9.17) is 9.47 Å². The molecule has 3 rings (SSSR count). The van der Waals surface area contributed by atoms with Crippen LogP contribution in [-0.4, -0.2) is 37.9 Å². The van der Waals surface area contributed by atoms with E-state index in [0.29, 0.717) is 22.6 Å². The molecular weight excluding hydrogens is 384 g/mol. The molecule has 0 radical (unpaired) electrons. The van der Waals surface area contributed by atoms with Crippen molar-refractivity contribution in [1.29, 1.82) is 0 Å². The Bertz CT molecular complexity index is 972. The van der Waals surface area contributed by atoms with Crippen LogP contribution in [0.3, 0.4) is 0 Å². The number of ether oxygens (including phenoxy) is 2. The Morgan fingerprint density at radius 3 is 2.50 bits per heavy atom. The highest BCUT2D eigenvalue weighted by atomic mass is 32.2. The molecule has 0 spiro atoms. The minimum atomic E-state index is -3.68. The number of hydrogen-bond donors (Lipinski definition) is 0. The highest BCUT2D eigenvalue weighted by Gasteiger charge is 2.37. The Morgan fingerprint density at radius 1 is 1.14 bits per heavy atom. The van der Waals surface area contributed by atoms with E-state index in [1.165, 1.54) is 29.6 Å². The van der Waals surface area contributed by atoms with Gasteiger partial charge in [0.25, 0.3) is 5.69 Å². The summed E-state index contributed by atoms with van der Waals surface area (Å²) in [5.74, 6) is 0.900. The standard InChI is InChI=1S/C19H22N2O6S/c1-26-18-8-9-19(27-2)15(11-18)12-20(16-6-7-16)28(24,25)13-14-4-3-5-17(10-14)21(22)23/h3-5,8-11,16H,6-7,12-13H2,1-2H3. The van der Waals surface area contributed by atoms with E-state index in [-0.39, 0.29) is 24.0 Å². The van der Waals surface area contributed by atoms with E-state index < -0.39 is 14.9 Å². The van der Waals surface area contributed by atoms with Crippen molar-refractivity contribution >= 4 is 15.7 Å². The van der Waals surface area contributed by atoms with Crippen LogP contribution in [0.25, 0.3) is 0 Å². The van der Waals surface area contributed by atoms with Crippen LogP contribution >= 0.6 is 0 Å². The maximum absolute atomic E-state index is 13.1. The zero-order chi connectivity index (χ0) is 20.3. The molecule has 0 N–H and O–H groups in total. The topological polar surface area (TPSA) is 99.0 Å². The van der Waals surface area contributed by atoms with Crippen molar-refractivity contribution in [1.82, 2.24) is 4.31 Å². The van der Waals surface area contributed by atoms with Gasteiger partial charge in [-0.2, -0.15) is 4.31 Å². The van der Waals surface area contributed by atoms with Gasteiger partial charge in [-0.3, -0.25) is 10.1 Å². The average Bonchev–Trinajstić information content (AvgIpc) is 3.50. The molecule has 0 saturated heterocycles. The molecule has 1 aliphatic carbocycles. The Morgan fingerprint density at radius 2 is 1.89 bits per heavy atom. The lowest BCUT2D eigenvalue weighted by atomic mass is 10.2. The number of sulfonamides is 1. The fraction of sp³-hybridized carbons (Fsp3) is 0.368. The molecule has 1 saturated carbocycles. The van der Waals surface area contributed by atoms with Gasteiger partial charge in [0.15, 0.2) is 0 Å². The van der Waals surface area contributed by atoms with Gasteiger partial charge in [-0.05, 0) is 36.6 Å². The van der Waals surface area contributed by atoms with Gasteiger partial charge in [0.05, 0.1) is 24.9 Å². The molecule has 1 fully saturated rings. The number of methoxy groups -OCH3 is 2. The van der Waals surface area contributed by atoms with E-state index in [1.54, 1.807) is 31.4 Å². The van der Waals surface area contributed by atoms with Gasteiger partial charge in [-0.1, -0.05) is 12.1 Å². The van der Waals surface area contributed by atoms with Gasteiger partial charge in [0.1, 0.15) is 11.5 Å². The summed E-state index contributed by atoms with van der Waals surface area (Å²) < 4.78 is 38.3. The van der Waals surface area contributed by atoms with Crippen LogP contribution in [-0.2, 0) is 22.3 Å². The molecule has 9 heteroatoms. The second-order valence-electron chi connectivity index (χ2n) is 6.64. The molecule has 0 aliphatic heterocycles. The number of rotatable bonds is 9. The Hall–Kier alpha value is -2.65. The van der Waals surface area contributed by atoms with Crippen LogP contribution in [0.5, 0.6) is 11.5 Å². The van der Waals surface area contributed by atoms with Crippen LogP contribution in [0.4, 0.5) is 5.69 Å². The van der Waals surface area contributed by atoms with Crippen LogP contribution in [0, 0.1) is 10.1 Å². The van der Waals surface area contributed by atoms with Gasteiger partial charge in [-0.15, -0.1) is 0 Å². The third-order valence-electron chi connectivity index (χ3n) is 4.60. The Labute approximate surface area is 163 Å². The highest BCUT2D eigenvalue weighted by molar-refractivity contribution is 7.88. The van der Waals surface area contributed by atoms with Gasteiger partial charge in [0, 0.05) is 30.3 Å². The first-order valence-corrected chi connectivity index (χ1v) is 10.4. The summed E-state index contributed by atoms with van der Waals surface area (Å²) in [6.07, 6.45) is 1.58. The first kappa shape index (κ1) is 20.1. The molecule has 2 aromatic rings. The molecule has 1 aliphatic rings. The van der Waals surface area contributed by atoms with Crippen molar-refractivity contribution in [2.75, 3.05) is 14.2 Å². The average molecular weight is 406 g/mol. The number of benzene rings is 2. The van der Waals surface area contributed by atoms with Crippen molar-refractivity contribution in [3.05, 3.63) is 63.7 Å². The van der Waals surface area contributed by atoms with Crippen LogP contribution in [0.15, 0.2) is 42.5 Å². The molecule has 0 bridgehead atoms. The third-order valence-corrected chi connectivity index (χ3v) is 6.44. The summed E-state index contributed by atoms with van der Waals surface area (Å²) in [5.41, 5.74) is 0.967. The smallest absolute Gasteiger partial charge is 0.269 e. The molecule has 2 aromatic carbocycles. The number of nitro groups is 1. The van der Waals surface area contributed by atoms with Crippen molar-refractivity contribution < 1.29 is 22.8 Å². The summed E-state index contributed by atoms with van der Waals surface area (Å²) in [6, 6.07) is 10.9. The first-order chi connectivity index (χ1) is 13.3. The zero-order valence-electron chi connectivity index (χ0n) is 15.7. The lowest BCUT2D eigenvalue weighted by Crippen LogP contribution is -2.33. The molecule has 0 aromatic heterocycles. The Kier molecular flexibility index (Phi) is 5.85. The fourth-order valence-electron chi connectivity index (χ4n) is 3.04. The minimum Gasteiger partial charge on any atom is -0.497 e. The van der Waals surface area contributed by atoms with E-state index >= 15 is 0 Å². The SMILES string of the molecule is COc1ccc(OC)c(CN(C2CC2)S(=O)(=O)Cc2cccc([N+](=O)[O-])c2)c1. The van der Waals surface area contributed by atoms with Gasteiger partial charge < -0.3 is 9.47 Å². The van der Waals surface area contributed by atoms with Crippen molar-refractivity contribution in [3.8, 4) is 11.5 Å². The Balaban J connectivity index is 1.88. The zero-order valence-corrected chi connectivity index (χ0v) is 16.5. The molecule has 28 heavy (non-hydrogen) atoms. The molecule has 0 atom stereocenters. The van der Waals surface area contributed by atoms with E-state index in [9.17, 15) is 18.5 Å². The second-order valence-corrected chi connectivity index (χ2v) is 8.56. The maximum atomic E-state index is 13.1. The monoisotopic (exact) mass is 406 g/mol. The molecular formula is C19H22N2O6S. The number of nitro benzene ring substituents is 1. The van der Waals surface area contributed by atoms with Crippen LogP contribution < -0.4 is 9.47 Å². The molecule has 0 amide bonds. The maximum Gasteiger partial charge on any atom is 0.269 e. The summed E-state index contributed by atoms with van der Waals surface area (Å²) >= 11 is 0. The lowest BCUT2D eigenvalue weighted by Gasteiger charge is -2.23. The lowest BCUT2D eigenvalue weighted by molar-refractivity contribution is -0.384. The van der Waals surface area contributed by atoms with Gasteiger partial charge in [0.2, 0.25) is 10.0 Å². The van der Waals surface area contributed by atoms with Gasteiger partial charge >= 0.3 is 0 Å². The molecule has 0 heterocycles. The number of non-ortho nitro benzene ring substituents is 1. The second kappa shape index (κ2) is 8.15. The van der Waals surface area contributed by atoms with Crippen molar-refractivity contribution in [2.45, 2.75) is 31.2 Å². The fourth-order valence-corrected chi connectivity index (χ4v) is 4.81. The summed E-state index contributed by atoms with van der Waals surface area (Å²) in [4.78, 5) is 10.4. The molecule has 0 unspecified atom stereocenters. The largest absolute Gasteiger partial charge is 0.497 e. The van der Waals surface area contributed by atoms with E-state index in [2.05, 4.69) is 0 Å². The molecule has 150 valence electrons. The quantitative estimate of drug-likeness (QED) is 0.469. The van der Waals surface area contributed by atoms with E-state index in [0.717, 1.165) is 12.8 Å². The summed E-state index contributed by atoms with van der Waals surface area (Å²) in [5, 5.41) is 11.0. The first-order valence-electron chi connectivity index (χ1n) is 8.78. The predicted molar refractivity (Wildman–Crippen MR) is 104 cm³/mol.